The van der Waals surface area contributed by atoms with E-state index < -0.39 is 17.9 Å². The Labute approximate surface area is 222 Å². The number of nitrogens with one attached hydrogen (secondary N) is 2. The third kappa shape index (κ3) is 7.53. The van der Waals surface area contributed by atoms with Crippen molar-refractivity contribution in [1.29, 1.82) is 0 Å². The van der Waals surface area contributed by atoms with Gasteiger partial charge < -0.3 is 15.7 Å². The van der Waals surface area contributed by atoms with E-state index in [9.17, 15) is 14.7 Å². The number of rotatable bonds is 11. The first kappa shape index (κ1) is 26.1. The number of halogens is 1. The summed E-state index contributed by atoms with van der Waals surface area (Å²) >= 11 is 6.07. The monoisotopic (exact) mass is 512 g/mol. The lowest BCUT2D eigenvalue weighted by atomic mass is 9.99. The van der Waals surface area contributed by atoms with Gasteiger partial charge in [0.05, 0.1) is 10.6 Å². The second kappa shape index (κ2) is 12.9. The summed E-state index contributed by atoms with van der Waals surface area (Å²) < 4.78 is 0. The minimum Gasteiger partial charge on any atom is -0.480 e. The van der Waals surface area contributed by atoms with Crippen LogP contribution in [0.25, 0.3) is 11.1 Å². The van der Waals surface area contributed by atoms with Crippen LogP contribution in [0.15, 0.2) is 103 Å². The maximum absolute atomic E-state index is 12.5. The standard InChI is InChI=1S/C31H29ClN2O3/c32-28-9-5-4-8-27(28)30(35)34-29(31(36)37)20-23-10-14-25(15-11-23)26-16-12-24(13-17-26)21-33-19-18-22-6-2-1-3-7-22/h1-17,29,33H,18-21H2,(H,34,35)(H,36,37). The molecule has 0 bridgehead atoms. The Morgan fingerprint density at radius 3 is 1.95 bits per heavy atom. The molecule has 5 nitrogen and oxygen atoms in total. The van der Waals surface area contributed by atoms with Gasteiger partial charge in [0.2, 0.25) is 0 Å². The fraction of sp³-hybridized carbons (Fsp3) is 0.161. The molecule has 0 aliphatic rings. The summed E-state index contributed by atoms with van der Waals surface area (Å²) in [5.74, 6) is -1.61. The van der Waals surface area contributed by atoms with Gasteiger partial charge in [0, 0.05) is 13.0 Å². The van der Waals surface area contributed by atoms with Crippen molar-refractivity contribution in [2.45, 2.75) is 25.4 Å². The molecule has 3 N–H and O–H groups in total. The van der Waals surface area contributed by atoms with Crippen molar-refractivity contribution in [3.05, 3.63) is 130 Å². The van der Waals surface area contributed by atoms with Crippen LogP contribution in [0, 0.1) is 0 Å². The summed E-state index contributed by atoms with van der Waals surface area (Å²) in [7, 11) is 0. The van der Waals surface area contributed by atoms with Crippen LogP contribution >= 0.6 is 11.6 Å². The summed E-state index contributed by atoms with van der Waals surface area (Å²) in [6, 6.07) is 32.1. The van der Waals surface area contributed by atoms with Crippen LogP contribution in [0.4, 0.5) is 0 Å². The van der Waals surface area contributed by atoms with Gasteiger partial charge in [0.25, 0.3) is 5.91 Å². The molecule has 0 radical (unpaired) electrons. The van der Waals surface area contributed by atoms with Gasteiger partial charge in [-0.15, -0.1) is 0 Å². The summed E-state index contributed by atoms with van der Waals surface area (Å²) in [6.07, 6.45) is 1.16. The van der Waals surface area contributed by atoms with Crippen molar-refractivity contribution < 1.29 is 14.7 Å². The van der Waals surface area contributed by atoms with Crippen LogP contribution in [0.2, 0.25) is 5.02 Å². The van der Waals surface area contributed by atoms with E-state index in [2.05, 4.69) is 59.2 Å². The Bertz CT molecular complexity index is 1320. The Morgan fingerprint density at radius 2 is 1.32 bits per heavy atom. The first-order chi connectivity index (χ1) is 18.0. The van der Waals surface area contributed by atoms with Crippen molar-refractivity contribution in [2.75, 3.05) is 6.54 Å². The van der Waals surface area contributed by atoms with E-state index in [0.717, 1.165) is 36.2 Å². The average Bonchev–Trinajstić information content (AvgIpc) is 2.92. The van der Waals surface area contributed by atoms with Crippen LogP contribution in [0.3, 0.4) is 0 Å². The molecule has 4 aromatic rings. The second-order valence-corrected chi connectivity index (χ2v) is 9.26. The average molecular weight is 513 g/mol. The highest BCUT2D eigenvalue weighted by Crippen LogP contribution is 2.21. The van der Waals surface area contributed by atoms with Gasteiger partial charge in [-0.1, -0.05) is 103 Å². The number of aliphatic carboxylic acids is 1. The molecule has 4 rings (SSSR count). The lowest BCUT2D eigenvalue weighted by molar-refractivity contribution is -0.139. The van der Waals surface area contributed by atoms with Gasteiger partial charge in [0.15, 0.2) is 0 Å². The molecule has 1 atom stereocenters. The van der Waals surface area contributed by atoms with Crippen LogP contribution in [-0.2, 0) is 24.2 Å². The molecule has 0 aromatic heterocycles. The minimum atomic E-state index is -1.10. The molecule has 188 valence electrons. The van der Waals surface area contributed by atoms with Crippen LogP contribution in [0.5, 0.6) is 0 Å². The van der Waals surface area contributed by atoms with E-state index in [0.29, 0.717) is 0 Å². The molecule has 6 heteroatoms. The topological polar surface area (TPSA) is 78.4 Å². The SMILES string of the molecule is O=C(NC(Cc1ccc(-c2ccc(CNCCc3ccccc3)cc2)cc1)C(=O)O)c1ccccc1Cl. The number of carbonyl (C=O) groups is 2. The van der Waals surface area contributed by atoms with Crippen LogP contribution < -0.4 is 10.6 Å². The highest BCUT2D eigenvalue weighted by atomic mass is 35.5. The first-order valence-electron chi connectivity index (χ1n) is 12.2. The van der Waals surface area contributed by atoms with Gasteiger partial charge >= 0.3 is 5.97 Å². The number of carboxylic acids is 1. The van der Waals surface area contributed by atoms with Crippen LogP contribution in [0.1, 0.15) is 27.0 Å². The molecule has 1 amide bonds. The molecule has 0 aliphatic carbocycles. The van der Waals surface area contributed by atoms with Gasteiger partial charge in [-0.2, -0.15) is 0 Å². The van der Waals surface area contributed by atoms with E-state index in [1.807, 2.05) is 30.3 Å². The third-order valence-electron chi connectivity index (χ3n) is 6.17. The number of amides is 1. The van der Waals surface area contributed by atoms with E-state index in [1.165, 1.54) is 11.1 Å². The molecular formula is C31H29ClN2O3. The zero-order valence-electron chi connectivity index (χ0n) is 20.4. The largest absolute Gasteiger partial charge is 0.480 e. The molecule has 4 aromatic carbocycles. The number of hydrogen-bond acceptors (Lipinski definition) is 3. The van der Waals surface area contributed by atoms with Gasteiger partial charge in [0.1, 0.15) is 6.04 Å². The summed E-state index contributed by atoms with van der Waals surface area (Å²) in [6.45, 7) is 1.73. The molecule has 0 heterocycles. The van der Waals surface area contributed by atoms with Crippen molar-refractivity contribution >= 4 is 23.5 Å². The van der Waals surface area contributed by atoms with E-state index >= 15 is 0 Å². The fourth-order valence-electron chi connectivity index (χ4n) is 4.08. The van der Waals surface area contributed by atoms with Crippen LogP contribution in [-0.4, -0.2) is 29.6 Å². The molecule has 0 saturated carbocycles. The summed E-state index contributed by atoms with van der Waals surface area (Å²) in [4.78, 5) is 24.3. The lowest BCUT2D eigenvalue weighted by Crippen LogP contribution is -2.42. The quantitative estimate of drug-likeness (QED) is 0.223. The zero-order valence-corrected chi connectivity index (χ0v) is 21.1. The highest BCUT2D eigenvalue weighted by molar-refractivity contribution is 6.33. The summed E-state index contributed by atoms with van der Waals surface area (Å²) in [5.41, 5.74) is 5.73. The van der Waals surface area contributed by atoms with Crippen molar-refractivity contribution in [3.63, 3.8) is 0 Å². The molecule has 0 spiro atoms. The molecule has 0 fully saturated rings. The van der Waals surface area contributed by atoms with E-state index in [-0.39, 0.29) is 17.0 Å². The van der Waals surface area contributed by atoms with E-state index in [1.54, 1.807) is 24.3 Å². The van der Waals surface area contributed by atoms with Crippen molar-refractivity contribution in [2.24, 2.45) is 0 Å². The second-order valence-electron chi connectivity index (χ2n) is 8.85. The third-order valence-corrected chi connectivity index (χ3v) is 6.49. The zero-order chi connectivity index (χ0) is 26.0. The number of carboxylic acid groups (broad SMARTS) is 1. The predicted octanol–water partition coefficient (Wildman–Crippen LogP) is 5.77. The molecule has 37 heavy (non-hydrogen) atoms. The van der Waals surface area contributed by atoms with Crippen molar-refractivity contribution in [1.82, 2.24) is 10.6 Å². The van der Waals surface area contributed by atoms with Gasteiger partial charge in [-0.25, -0.2) is 4.79 Å². The molecule has 0 saturated heterocycles. The Kier molecular flexibility index (Phi) is 9.08. The smallest absolute Gasteiger partial charge is 0.326 e. The number of benzene rings is 4. The molecule has 1 unspecified atom stereocenters. The summed E-state index contributed by atoms with van der Waals surface area (Å²) in [5, 5.41) is 16.0. The maximum atomic E-state index is 12.5. The number of carbonyl (C=O) groups excluding carboxylic acids is 1. The molecule has 0 aliphatic heterocycles. The van der Waals surface area contributed by atoms with Gasteiger partial charge in [-0.05, 0) is 52.9 Å². The highest BCUT2D eigenvalue weighted by Gasteiger charge is 2.22. The Morgan fingerprint density at radius 1 is 0.730 bits per heavy atom. The molecular weight excluding hydrogens is 484 g/mol. The Balaban J connectivity index is 1.31. The first-order valence-corrected chi connectivity index (χ1v) is 12.6. The minimum absolute atomic E-state index is 0.166. The normalized spacial score (nSPS) is 11.6. The lowest BCUT2D eigenvalue weighted by Gasteiger charge is -2.15. The number of hydrogen-bond donors (Lipinski definition) is 3. The van der Waals surface area contributed by atoms with Gasteiger partial charge in [-0.3, -0.25) is 4.79 Å². The van der Waals surface area contributed by atoms with E-state index in [4.69, 9.17) is 11.6 Å². The fourth-order valence-corrected chi connectivity index (χ4v) is 4.30. The predicted molar refractivity (Wildman–Crippen MR) is 148 cm³/mol. The Hall–Kier alpha value is -3.93. The van der Waals surface area contributed by atoms with Crippen molar-refractivity contribution in [3.8, 4) is 11.1 Å². The maximum Gasteiger partial charge on any atom is 0.326 e.